The largest absolute Gasteiger partial charge is 0.369 e. The molecule has 0 saturated carbocycles. The van der Waals surface area contributed by atoms with Gasteiger partial charge in [-0.3, -0.25) is 0 Å². The van der Waals surface area contributed by atoms with Gasteiger partial charge < -0.3 is 5.32 Å². The van der Waals surface area contributed by atoms with Crippen molar-refractivity contribution in [2.45, 2.75) is 27.2 Å². The molecule has 0 amide bonds. The summed E-state index contributed by atoms with van der Waals surface area (Å²) < 4.78 is 0. The maximum absolute atomic E-state index is 5.62. The number of anilines is 1. The molecule has 1 aromatic rings. The minimum atomic E-state index is 0.340. The second-order valence-electron chi connectivity index (χ2n) is 4.48. The zero-order valence-electron chi connectivity index (χ0n) is 8.84. The SMILES string of the molecule is CC(C)(C)CCNc1ccc(Cl)nn1. The molecule has 1 rings (SSSR count). The smallest absolute Gasteiger partial charge is 0.151 e. The average Bonchev–Trinajstić information content (AvgIpc) is 2.06. The van der Waals surface area contributed by atoms with Crippen molar-refractivity contribution in [3.63, 3.8) is 0 Å². The topological polar surface area (TPSA) is 37.8 Å². The number of hydrogen-bond acceptors (Lipinski definition) is 3. The van der Waals surface area contributed by atoms with Crippen LogP contribution in [0.3, 0.4) is 0 Å². The molecule has 14 heavy (non-hydrogen) atoms. The van der Waals surface area contributed by atoms with Crippen LogP contribution in [0, 0.1) is 5.41 Å². The first-order chi connectivity index (χ1) is 6.47. The minimum absolute atomic E-state index is 0.340. The molecule has 0 saturated heterocycles. The summed E-state index contributed by atoms with van der Waals surface area (Å²) in [4.78, 5) is 0. The van der Waals surface area contributed by atoms with Crippen LogP contribution in [0.25, 0.3) is 0 Å². The van der Waals surface area contributed by atoms with E-state index >= 15 is 0 Å². The lowest BCUT2D eigenvalue weighted by Crippen LogP contribution is -2.13. The standard InChI is InChI=1S/C10H16ClN3/c1-10(2,3)6-7-12-9-5-4-8(11)13-14-9/h4-5H,6-7H2,1-3H3,(H,12,14). The fraction of sp³-hybridized carbons (Fsp3) is 0.600. The van der Waals surface area contributed by atoms with Gasteiger partial charge in [0.2, 0.25) is 0 Å². The Kier molecular flexibility index (Phi) is 3.69. The van der Waals surface area contributed by atoms with E-state index in [1.807, 2.05) is 6.07 Å². The molecule has 0 aromatic carbocycles. The molecule has 78 valence electrons. The quantitative estimate of drug-likeness (QED) is 0.839. The van der Waals surface area contributed by atoms with Gasteiger partial charge >= 0.3 is 0 Å². The van der Waals surface area contributed by atoms with Crippen molar-refractivity contribution < 1.29 is 0 Å². The second-order valence-corrected chi connectivity index (χ2v) is 4.87. The molecule has 0 aliphatic carbocycles. The molecule has 0 fully saturated rings. The summed E-state index contributed by atoms with van der Waals surface area (Å²) in [7, 11) is 0. The third-order valence-electron chi connectivity index (χ3n) is 1.81. The monoisotopic (exact) mass is 213 g/mol. The van der Waals surface area contributed by atoms with Crippen LogP contribution in [-0.4, -0.2) is 16.7 Å². The molecule has 0 aliphatic rings. The first-order valence-electron chi connectivity index (χ1n) is 4.70. The average molecular weight is 214 g/mol. The highest BCUT2D eigenvalue weighted by Gasteiger charge is 2.08. The highest BCUT2D eigenvalue weighted by molar-refractivity contribution is 6.29. The van der Waals surface area contributed by atoms with Gasteiger partial charge in [0.05, 0.1) is 0 Å². The van der Waals surface area contributed by atoms with Crippen LogP contribution < -0.4 is 5.32 Å². The summed E-state index contributed by atoms with van der Waals surface area (Å²) in [5.41, 5.74) is 0.340. The van der Waals surface area contributed by atoms with Crippen LogP contribution in [0.15, 0.2) is 12.1 Å². The van der Waals surface area contributed by atoms with Crippen molar-refractivity contribution in [3.05, 3.63) is 17.3 Å². The third-order valence-corrected chi connectivity index (χ3v) is 2.01. The molecule has 0 aliphatic heterocycles. The van der Waals surface area contributed by atoms with Gasteiger partial charge in [0.1, 0.15) is 5.82 Å². The minimum Gasteiger partial charge on any atom is -0.369 e. The Morgan fingerprint density at radius 3 is 2.50 bits per heavy atom. The Morgan fingerprint density at radius 1 is 1.29 bits per heavy atom. The highest BCUT2D eigenvalue weighted by Crippen LogP contribution is 2.18. The molecular formula is C10H16ClN3. The highest BCUT2D eigenvalue weighted by atomic mass is 35.5. The number of rotatable bonds is 3. The molecule has 1 heterocycles. The summed E-state index contributed by atoms with van der Waals surface area (Å²) in [6.45, 7) is 7.53. The summed E-state index contributed by atoms with van der Waals surface area (Å²) in [5, 5.41) is 11.3. The van der Waals surface area contributed by atoms with Crippen molar-refractivity contribution in [1.29, 1.82) is 0 Å². The fourth-order valence-corrected chi connectivity index (χ4v) is 1.08. The molecule has 4 heteroatoms. The van der Waals surface area contributed by atoms with E-state index in [0.717, 1.165) is 18.8 Å². The van der Waals surface area contributed by atoms with Gasteiger partial charge in [-0.1, -0.05) is 32.4 Å². The molecule has 0 unspecified atom stereocenters. The Balaban J connectivity index is 2.35. The normalized spacial score (nSPS) is 11.4. The van der Waals surface area contributed by atoms with Gasteiger partial charge in [0.15, 0.2) is 5.15 Å². The van der Waals surface area contributed by atoms with Gasteiger partial charge in [-0.2, -0.15) is 0 Å². The number of nitrogens with zero attached hydrogens (tertiary/aromatic N) is 2. The molecule has 1 aromatic heterocycles. The van der Waals surface area contributed by atoms with E-state index in [0.29, 0.717) is 10.6 Å². The Labute approximate surface area is 89.9 Å². The maximum Gasteiger partial charge on any atom is 0.151 e. The van der Waals surface area contributed by atoms with E-state index in [2.05, 4.69) is 36.3 Å². The van der Waals surface area contributed by atoms with Crippen molar-refractivity contribution >= 4 is 17.4 Å². The van der Waals surface area contributed by atoms with E-state index in [-0.39, 0.29) is 0 Å². The first kappa shape index (κ1) is 11.2. The maximum atomic E-state index is 5.62. The van der Waals surface area contributed by atoms with Crippen LogP contribution in [0.4, 0.5) is 5.82 Å². The van der Waals surface area contributed by atoms with Crippen molar-refractivity contribution in [1.82, 2.24) is 10.2 Å². The van der Waals surface area contributed by atoms with Gasteiger partial charge in [-0.25, -0.2) is 0 Å². The number of halogens is 1. The Bertz CT molecular complexity index is 276. The molecular weight excluding hydrogens is 198 g/mol. The summed E-state index contributed by atoms with van der Waals surface area (Å²) >= 11 is 5.62. The van der Waals surface area contributed by atoms with E-state index < -0.39 is 0 Å². The molecule has 1 N–H and O–H groups in total. The summed E-state index contributed by atoms with van der Waals surface area (Å²) in [5.74, 6) is 0.777. The lowest BCUT2D eigenvalue weighted by molar-refractivity contribution is 0.389. The Morgan fingerprint density at radius 2 is 2.00 bits per heavy atom. The predicted molar refractivity (Wildman–Crippen MR) is 59.6 cm³/mol. The van der Waals surface area contributed by atoms with Crippen molar-refractivity contribution in [3.8, 4) is 0 Å². The molecule has 0 bridgehead atoms. The lowest BCUT2D eigenvalue weighted by atomic mass is 9.92. The summed E-state index contributed by atoms with van der Waals surface area (Å²) in [6.07, 6.45) is 1.09. The van der Waals surface area contributed by atoms with Crippen LogP contribution in [-0.2, 0) is 0 Å². The first-order valence-corrected chi connectivity index (χ1v) is 5.08. The number of nitrogens with one attached hydrogen (secondary N) is 1. The molecule has 0 radical (unpaired) electrons. The molecule has 0 atom stereocenters. The predicted octanol–water partition coefficient (Wildman–Crippen LogP) is 2.98. The van der Waals surface area contributed by atoms with E-state index in [9.17, 15) is 0 Å². The van der Waals surface area contributed by atoms with Crippen molar-refractivity contribution in [2.75, 3.05) is 11.9 Å². The summed E-state index contributed by atoms with van der Waals surface area (Å²) in [6, 6.07) is 3.56. The second kappa shape index (κ2) is 4.60. The third kappa shape index (κ3) is 4.42. The fourth-order valence-electron chi connectivity index (χ4n) is 0.976. The number of aromatic nitrogens is 2. The van der Waals surface area contributed by atoms with E-state index in [1.165, 1.54) is 0 Å². The van der Waals surface area contributed by atoms with Gasteiger partial charge in [0.25, 0.3) is 0 Å². The Hall–Kier alpha value is -0.830. The van der Waals surface area contributed by atoms with Gasteiger partial charge in [0, 0.05) is 6.54 Å². The lowest BCUT2D eigenvalue weighted by Gasteiger charge is -2.17. The number of hydrogen-bond donors (Lipinski definition) is 1. The molecule has 0 spiro atoms. The van der Waals surface area contributed by atoms with Crippen LogP contribution in [0.5, 0.6) is 0 Å². The zero-order valence-corrected chi connectivity index (χ0v) is 9.60. The van der Waals surface area contributed by atoms with E-state index in [1.54, 1.807) is 6.07 Å². The van der Waals surface area contributed by atoms with Crippen molar-refractivity contribution in [2.24, 2.45) is 5.41 Å². The molecule has 3 nitrogen and oxygen atoms in total. The zero-order chi connectivity index (χ0) is 10.6. The van der Waals surface area contributed by atoms with Crippen LogP contribution >= 0.6 is 11.6 Å². The van der Waals surface area contributed by atoms with Gasteiger partial charge in [-0.15, -0.1) is 10.2 Å². The van der Waals surface area contributed by atoms with E-state index in [4.69, 9.17) is 11.6 Å². The van der Waals surface area contributed by atoms with Crippen LogP contribution in [0.2, 0.25) is 5.15 Å². The van der Waals surface area contributed by atoms with Crippen LogP contribution in [0.1, 0.15) is 27.2 Å². The van der Waals surface area contributed by atoms with Gasteiger partial charge in [-0.05, 0) is 24.0 Å².